The van der Waals surface area contributed by atoms with Crippen LogP contribution < -0.4 is 0 Å². The van der Waals surface area contributed by atoms with Crippen molar-refractivity contribution in [2.45, 2.75) is 45.4 Å². The second-order valence-electron chi connectivity index (χ2n) is 7.83. The Morgan fingerprint density at radius 2 is 1.22 bits per heavy atom. The Kier molecular flexibility index (Phi) is 3.87. The smallest absolute Gasteiger partial charge is 0.115 e. The molecule has 0 radical (unpaired) electrons. The number of hydrogen-bond donors (Lipinski definition) is 2. The topological polar surface area (TPSA) is 40.5 Å². The summed E-state index contributed by atoms with van der Waals surface area (Å²) in [5.41, 5.74) is 2.81. The number of aromatic hydroxyl groups is 2. The van der Waals surface area contributed by atoms with Crippen molar-refractivity contribution in [3.8, 4) is 11.5 Å². The lowest BCUT2D eigenvalue weighted by atomic mass is 9.54. The van der Waals surface area contributed by atoms with Crippen LogP contribution >= 0.6 is 0 Å². The van der Waals surface area contributed by atoms with Gasteiger partial charge in [0.1, 0.15) is 11.5 Å². The fourth-order valence-electron chi connectivity index (χ4n) is 4.43. The molecule has 1 aliphatic carbocycles. The monoisotopic (exact) mass is 310 g/mol. The van der Waals surface area contributed by atoms with Gasteiger partial charge in [-0.05, 0) is 66.0 Å². The van der Waals surface area contributed by atoms with Crippen LogP contribution in [0.3, 0.4) is 0 Å². The molecule has 23 heavy (non-hydrogen) atoms. The molecule has 122 valence electrons. The van der Waals surface area contributed by atoms with E-state index in [1.807, 2.05) is 0 Å². The van der Waals surface area contributed by atoms with Crippen LogP contribution in [0, 0.1) is 11.3 Å². The summed E-state index contributed by atoms with van der Waals surface area (Å²) in [5, 5.41) is 19.3. The molecule has 0 aromatic heterocycles. The highest BCUT2D eigenvalue weighted by atomic mass is 16.3. The average molecular weight is 310 g/mol. The summed E-state index contributed by atoms with van der Waals surface area (Å²) in [6.45, 7) is 7.03. The third kappa shape index (κ3) is 2.83. The lowest BCUT2D eigenvalue weighted by Gasteiger charge is -2.49. The van der Waals surface area contributed by atoms with E-state index >= 15 is 0 Å². The van der Waals surface area contributed by atoms with Gasteiger partial charge < -0.3 is 10.2 Å². The van der Waals surface area contributed by atoms with Gasteiger partial charge in [-0.1, -0.05) is 45.0 Å². The fourth-order valence-corrected chi connectivity index (χ4v) is 4.43. The first kappa shape index (κ1) is 15.9. The third-order valence-electron chi connectivity index (χ3n) is 5.66. The van der Waals surface area contributed by atoms with Crippen LogP contribution in [0.15, 0.2) is 48.5 Å². The number of rotatable bonds is 2. The molecule has 1 atom stereocenters. The quantitative estimate of drug-likeness (QED) is 0.797. The lowest BCUT2D eigenvalue weighted by molar-refractivity contribution is 0.122. The zero-order valence-electron chi connectivity index (χ0n) is 14.2. The first-order valence-electron chi connectivity index (χ1n) is 8.42. The van der Waals surface area contributed by atoms with Crippen LogP contribution in [0.2, 0.25) is 0 Å². The fraction of sp³-hybridized carbons (Fsp3) is 0.429. The summed E-state index contributed by atoms with van der Waals surface area (Å²) in [7, 11) is 0. The predicted molar refractivity (Wildman–Crippen MR) is 93.8 cm³/mol. The molecular formula is C21H26O2. The van der Waals surface area contributed by atoms with E-state index in [4.69, 9.17) is 0 Å². The zero-order chi connectivity index (χ0) is 16.7. The Bertz CT molecular complexity index is 622. The van der Waals surface area contributed by atoms with Crippen LogP contribution in [-0.2, 0) is 5.41 Å². The average Bonchev–Trinajstić information content (AvgIpc) is 2.49. The highest BCUT2D eigenvalue weighted by Crippen LogP contribution is 2.53. The van der Waals surface area contributed by atoms with Crippen molar-refractivity contribution in [1.82, 2.24) is 0 Å². The van der Waals surface area contributed by atoms with Gasteiger partial charge in [0.25, 0.3) is 0 Å². The lowest BCUT2D eigenvalue weighted by Crippen LogP contribution is -2.42. The Labute approximate surface area is 138 Å². The minimum Gasteiger partial charge on any atom is -0.508 e. The Morgan fingerprint density at radius 3 is 1.61 bits per heavy atom. The van der Waals surface area contributed by atoms with Crippen molar-refractivity contribution in [2.75, 3.05) is 0 Å². The van der Waals surface area contributed by atoms with E-state index < -0.39 is 0 Å². The molecule has 1 saturated carbocycles. The molecule has 1 fully saturated rings. The molecule has 1 aliphatic rings. The molecule has 0 amide bonds. The van der Waals surface area contributed by atoms with Crippen LogP contribution in [0.1, 0.15) is 51.2 Å². The Balaban J connectivity index is 2.13. The summed E-state index contributed by atoms with van der Waals surface area (Å²) in [4.78, 5) is 0. The molecule has 2 nitrogen and oxygen atoms in total. The molecule has 0 saturated heterocycles. The van der Waals surface area contributed by atoms with Crippen molar-refractivity contribution in [3.63, 3.8) is 0 Å². The number of phenols is 2. The van der Waals surface area contributed by atoms with E-state index in [1.165, 1.54) is 17.5 Å². The van der Waals surface area contributed by atoms with E-state index in [-0.39, 0.29) is 5.41 Å². The molecule has 2 aromatic carbocycles. The summed E-state index contributed by atoms with van der Waals surface area (Å²) in [5.74, 6) is 1.09. The number of benzene rings is 2. The maximum atomic E-state index is 9.66. The Morgan fingerprint density at radius 1 is 0.783 bits per heavy atom. The molecule has 2 aromatic rings. The molecule has 2 N–H and O–H groups in total. The minimum atomic E-state index is -0.0586. The largest absolute Gasteiger partial charge is 0.508 e. The molecule has 2 heteroatoms. The van der Waals surface area contributed by atoms with Gasteiger partial charge in [0.05, 0.1) is 0 Å². The minimum absolute atomic E-state index is 0.0586. The first-order chi connectivity index (χ1) is 10.8. The van der Waals surface area contributed by atoms with E-state index in [2.05, 4.69) is 45.0 Å². The number of phenolic OH excluding ortho intramolecular Hbond substituents is 2. The number of hydrogen-bond acceptors (Lipinski definition) is 2. The second kappa shape index (κ2) is 5.59. The molecule has 3 rings (SSSR count). The SMILES string of the molecule is CC1CC(C)(C)CCC1(c1ccc(O)cc1)c1ccc(O)cc1. The van der Waals surface area contributed by atoms with Crippen LogP contribution in [0.5, 0.6) is 11.5 Å². The Hall–Kier alpha value is -1.96. The predicted octanol–water partition coefficient (Wildman–Crippen LogP) is 5.23. The van der Waals surface area contributed by atoms with Crippen LogP contribution in [0.25, 0.3) is 0 Å². The first-order valence-corrected chi connectivity index (χ1v) is 8.42. The molecule has 1 unspecified atom stereocenters. The van der Waals surface area contributed by atoms with Crippen molar-refractivity contribution in [1.29, 1.82) is 0 Å². The molecule has 0 heterocycles. The van der Waals surface area contributed by atoms with Gasteiger partial charge in [-0.15, -0.1) is 0 Å². The van der Waals surface area contributed by atoms with Gasteiger partial charge >= 0.3 is 0 Å². The normalized spacial score (nSPS) is 22.7. The van der Waals surface area contributed by atoms with E-state index in [0.29, 0.717) is 22.8 Å². The van der Waals surface area contributed by atoms with Gasteiger partial charge in [0.2, 0.25) is 0 Å². The summed E-state index contributed by atoms with van der Waals surface area (Å²) in [6.07, 6.45) is 3.41. The third-order valence-corrected chi connectivity index (χ3v) is 5.66. The highest BCUT2D eigenvalue weighted by molar-refractivity contribution is 5.44. The maximum absolute atomic E-state index is 9.66. The maximum Gasteiger partial charge on any atom is 0.115 e. The van der Waals surface area contributed by atoms with Crippen molar-refractivity contribution in [3.05, 3.63) is 59.7 Å². The van der Waals surface area contributed by atoms with Crippen molar-refractivity contribution < 1.29 is 10.2 Å². The van der Waals surface area contributed by atoms with Crippen LogP contribution in [0.4, 0.5) is 0 Å². The van der Waals surface area contributed by atoms with Crippen molar-refractivity contribution >= 4 is 0 Å². The van der Waals surface area contributed by atoms with E-state index in [1.54, 1.807) is 24.3 Å². The summed E-state index contributed by atoms with van der Waals surface area (Å²) in [6, 6.07) is 15.3. The molecule has 0 aliphatic heterocycles. The van der Waals surface area contributed by atoms with Gasteiger partial charge in [-0.2, -0.15) is 0 Å². The molecular weight excluding hydrogens is 284 g/mol. The highest BCUT2D eigenvalue weighted by Gasteiger charge is 2.46. The van der Waals surface area contributed by atoms with Gasteiger partial charge in [0.15, 0.2) is 0 Å². The van der Waals surface area contributed by atoms with Gasteiger partial charge in [0, 0.05) is 5.41 Å². The van der Waals surface area contributed by atoms with Gasteiger partial charge in [-0.25, -0.2) is 0 Å². The van der Waals surface area contributed by atoms with Crippen molar-refractivity contribution in [2.24, 2.45) is 11.3 Å². The zero-order valence-corrected chi connectivity index (χ0v) is 14.2. The second-order valence-corrected chi connectivity index (χ2v) is 7.83. The standard InChI is InChI=1S/C21H26O2/c1-15-14-20(2,3)12-13-21(15,16-4-8-18(22)9-5-16)17-6-10-19(23)11-7-17/h4-11,15,22-23H,12-14H2,1-3H3. The molecule has 0 spiro atoms. The van der Waals surface area contributed by atoms with Crippen LogP contribution in [-0.4, -0.2) is 10.2 Å². The summed E-state index contributed by atoms with van der Waals surface area (Å²) >= 11 is 0. The van der Waals surface area contributed by atoms with E-state index in [0.717, 1.165) is 12.8 Å². The molecule has 0 bridgehead atoms. The summed E-state index contributed by atoms with van der Waals surface area (Å²) < 4.78 is 0. The van der Waals surface area contributed by atoms with Gasteiger partial charge in [-0.3, -0.25) is 0 Å². The van der Waals surface area contributed by atoms with E-state index in [9.17, 15) is 10.2 Å².